The highest BCUT2D eigenvalue weighted by Crippen LogP contribution is 2.06. The summed E-state index contributed by atoms with van der Waals surface area (Å²) in [6.45, 7) is 1.67. The molecule has 0 heterocycles. The van der Waals surface area contributed by atoms with Crippen LogP contribution in [0.5, 0.6) is 0 Å². The Morgan fingerprint density at radius 2 is 1.89 bits per heavy atom. The highest BCUT2D eigenvalue weighted by molar-refractivity contribution is 6.56. The molecule has 50 valence electrons. The minimum atomic E-state index is 0.149. The molecule has 0 saturated carbocycles. The quantitative estimate of drug-likeness (QED) is 0.349. The molecule has 0 atom stereocenters. The summed E-state index contributed by atoms with van der Waals surface area (Å²) in [5.41, 5.74) is 0.591. The molecule has 0 unspecified atom stereocenters. The number of aldehydes is 1. The van der Waals surface area contributed by atoms with Crippen LogP contribution in [0.15, 0.2) is 22.2 Å². The lowest BCUT2D eigenvalue weighted by atomic mass is 10.3. The summed E-state index contributed by atoms with van der Waals surface area (Å²) in [7, 11) is 0. The maximum Gasteiger partial charge on any atom is 0.145 e. The minimum absolute atomic E-state index is 0.149. The third kappa shape index (κ3) is 5.60. The smallest absolute Gasteiger partial charge is 0.145 e. The van der Waals surface area contributed by atoms with E-state index in [1.54, 1.807) is 13.0 Å². The van der Waals surface area contributed by atoms with Crippen molar-refractivity contribution in [3.8, 4) is 0 Å². The van der Waals surface area contributed by atoms with E-state index >= 15 is 0 Å². The van der Waals surface area contributed by atoms with Gasteiger partial charge in [-0.3, -0.25) is 4.79 Å². The van der Waals surface area contributed by atoms with Crippen LogP contribution in [-0.4, -0.2) is 6.29 Å². The molecule has 3 heteroatoms. The molecule has 0 amide bonds. The van der Waals surface area contributed by atoms with Crippen LogP contribution < -0.4 is 0 Å². The monoisotopic (exact) mass is 164 g/mol. The molecule has 1 nitrogen and oxygen atoms in total. The first-order valence-corrected chi connectivity index (χ1v) is 3.07. The first-order valence-electron chi connectivity index (χ1n) is 2.31. The molecule has 0 spiro atoms. The van der Waals surface area contributed by atoms with Crippen LogP contribution in [0.25, 0.3) is 0 Å². The standard InChI is InChI=1S/C6H6Cl2O/c1-5(4-9)2-3-6(7)8/h2-4H,1H3/b5-2+. The molecule has 0 aromatic rings. The molecule has 0 rings (SSSR count). The van der Waals surface area contributed by atoms with Gasteiger partial charge in [-0.1, -0.05) is 29.3 Å². The van der Waals surface area contributed by atoms with Crippen molar-refractivity contribution in [2.45, 2.75) is 6.92 Å². The topological polar surface area (TPSA) is 17.1 Å². The van der Waals surface area contributed by atoms with E-state index in [9.17, 15) is 4.79 Å². The van der Waals surface area contributed by atoms with E-state index < -0.39 is 0 Å². The number of halogens is 2. The molecule has 0 aromatic heterocycles. The summed E-state index contributed by atoms with van der Waals surface area (Å²) in [6.07, 6.45) is 3.72. The van der Waals surface area contributed by atoms with Crippen molar-refractivity contribution in [3.05, 3.63) is 22.2 Å². The van der Waals surface area contributed by atoms with Gasteiger partial charge in [-0.25, -0.2) is 0 Å². The lowest BCUT2D eigenvalue weighted by molar-refractivity contribution is -0.104. The van der Waals surface area contributed by atoms with Gasteiger partial charge in [0.2, 0.25) is 0 Å². The number of allylic oxidation sites excluding steroid dienone is 3. The molecule has 0 N–H and O–H groups in total. The SMILES string of the molecule is C/C(C=O)=C\C=C(Cl)Cl. The fourth-order valence-corrected chi connectivity index (χ4v) is 0.360. The normalized spacial score (nSPS) is 10.8. The van der Waals surface area contributed by atoms with Crippen molar-refractivity contribution in [2.24, 2.45) is 0 Å². The summed E-state index contributed by atoms with van der Waals surface area (Å²) in [6, 6.07) is 0. The Morgan fingerprint density at radius 1 is 1.33 bits per heavy atom. The number of carbonyl (C=O) groups is 1. The van der Waals surface area contributed by atoms with Crippen LogP contribution in [0.3, 0.4) is 0 Å². The average Bonchev–Trinajstić information content (AvgIpc) is 1.83. The predicted molar refractivity (Wildman–Crippen MR) is 39.6 cm³/mol. The van der Waals surface area contributed by atoms with Crippen LogP contribution in [-0.2, 0) is 4.79 Å². The zero-order valence-electron chi connectivity index (χ0n) is 4.90. The molecule has 0 aliphatic rings. The lowest BCUT2D eigenvalue weighted by Gasteiger charge is -1.80. The number of hydrogen-bond donors (Lipinski definition) is 0. The van der Waals surface area contributed by atoms with Gasteiger partial charge in [0.1, 0.15) is 10.8 Å². The second-order valence-corrected chi connectivity index (χ2v) is 2.49. The Labute approximate surface area is 64.0 Å². The zero-order chi connectivity index (χ0) is 7.28. The van der Waals surface area contributed by atoms with Crippen molar-refractivity contribution < 1.29 is 4.79 Å². The second-order valence-electron chi connectivity index (χ2n) is 1.48. The van der Waals surface area contributed by atoms with Gasteiger partial charge in [-0.15, -0.1) is 0 Å². The van der Waals surface area contributed by atoms with Gasteiger partial charge in [0.05, 0.1) is 0 Å². The first kappa shape index (κ1) is 8.73. The van der Waals surface area contributed by atoms with E-state index in [4.69, 9.17) is 23.2 Å². The predicted octanol–water partition coefficient (Wildman–Crippen LogP) is 2.45. The summed E-state index contributed by atoms with van der Waals surface area (Å²) in [5.74, 6) is 0. The van der Waals surface area contributed by atoms with Crippen LogP contribution in [0.1, 0.15) is 6.92 Å². The Hall–Kier alpha value is -0.270. The molecule has 0 aliphatic heterocycles. The van der Waals surface area contributed by atoms with Crippen molar-refractivity contribution >= 4 is 29.5 Å². The molecular weight excluding hydrogens is 159 g/mol. The Bertz CT molecular complexity index is 154. The molecule has 0 fully saturated rings. The van der Waals surface area contributed by atoms with Gasteiger partial charge in [0.25, 0.3) is 0 Å². The van der Waals surface area contributed by atoms with Gasteiger partial charge in [-0.05, 0) is 18.6 Å². The molecule has 0 aliphatic carbocycles. The van der Waals surface area contributed by atoms with E-state index in [1.807, 2.05) is 0 Å². The summed E-state index contributed by atoms with van der Waals surface area (Å²) in [5, 5.41) is 0. The van der Waals surface area contributed by atoms with E-state index in [0.717, 1.165) is 6.29 Å². The van der Waals surface area contributed by atoms with Crippen molar-refractivity contribution in [1.82, 2.24) is 0 Å². The van der Waals surface area contributed by atoms with Gasteiger partial charge in [-0.2, -0.15) is 0 Å². The summed E-state index contributed by atoms with van der Waals surface area (Å²) in [4.78, 5) is 9.93. The van der Waals surface area contributed by atoms with Crippen LogP contribution in [0.4, 0.5) is 0 Å². The molecule has 0 bridgehead atoms. The Kier molecular flexibility index (Phi) is 4.46. The van der Waals surface area contributed by atoms with E-state index in [2.05, 4.69) is 0 Å². The summed E-state index contributed by atoms with van der Waals surface area (Å²) < 4.78 is 0.149. The third-order valence-corrected chi connectivity index (χ3v) is 0.910. The van der Waals surface area contributed by atoms with Crippen LogP contribution in [0.2, 0.25) is 0 Å². The molecule has 0 radical (unpaired) electrons. The van der Waals surface area contributed by atoms with Gasteiger partial charge in [0, 0.05) is 0 Å². The van der Waals surface area contributed by atoms with Crippen molar-refractivity contribution in [2.75, 3.05) is 0 Å². The molecule has 0 saturated heterocycles. The average molecular weight is 165 g/mol. The Morgan fingerprint density at radius 3 is 2.22 bits per heavy atom. The van der Waals surface area contributed by atoms with E-state index in [0.29, 0.717) is 5.57 Å². The van der Waals surface area contributed by atoms with Crippen molar-refractivity contribution in [3.63, 3.8) is 0 Å². The number of carbonyl (C=O) groups excluding carboxylic acids is 1. The van der Waals surface area contributed by atoms with E-state index in [1.165, 1.54) is 6.08 Å². The lowest BCUT2D eigenvalue weighted by Crippen LogP contribution is -1.71. The molecular formula is C6H6Cl2O. The maximum atomic E-state index is 9.93. The van der Waals surface area contributed by atoms with Crippen LogP contribution >= 0.6 is 23.2 Å². The van der Waals surface area contributed by atoms with E-state index in [-0.39, 0.29) is 4.49 Å². The number of hydrogen-bond acceptors (Lipinski definition) is 1. The minimum Gasteiger partial charge on any atom is -0.298 e. The number of rotatable bonds is 2. The van der Waals surface area contributed by atoms with Crippen LogP contribution in [0, 0.1) is 0 Å². The largest absolute Gasteiger partial charge is 0.298 e. The van der Waals surface area contributed by atoms with Gasteiger partial charge < -0.3 is 0 Å². The maximum absolute atomic E-state index is 9.93. The highest BCUT2D eigenvalue weighted by atomic mass is 35.5. The fraction of sp³-hybridized carbons (Fsp3) is 0.167. The second kappa shape index (κ2) is 4.59. The first-order chi connectivity index (χ1) is 4.16. The van der Waals surface area contributed by atoms with Crippen molar-refractivity contribution in [1.29, 1.82) is 0 Å². The Balaban J connectivity index is 3.98. The zero-order valence-corrected chi connectivity index (χ0v) is 6.41. The van der Waals surface area contributed by atoms with Gasteiger partial charge in [0.15, 0.2) is 0 Å². The third-order valence-electron chi connectivity index (χ3n) is 0.658. The van der Waals surface area contributed by atoms with Gasteiger partial charge >= 0.3 is 0 Å². The molecule has 9 heavy (non-hydrogen) atoms. The molecule has 0 aromatic carbocycles. The highest BCUT2D eigenvalue weighted by Gasteiger charge is 1.81. The summed E-state index contributed by atoms with van der Waals surface area (Å²) >= 11 is 10.5. The fourth-order valence-electron chi connectivity index (χ4n) is 0.234.